The van der Waals surface area contributed by atoms with E-state index in [4.69, 9.17) is 21.1 Å². The fourth-order valence-electron chi connectivity index (χ4n) is 1.79. The number of hydrogen-bond donors (Lipinski definition) is 0. The molecule has 2 rings (SSSR count). The Morgan fingerprint density at radius 3 is 2.82 bits per heavy atom. The zero-order valence-corrected chi connectivity index (χ0v) is 10.7. The molecule has 0 atom stereocenters. The first-order valence-electron chi connectivity index (χ1n) is 5.44. The van der Waals surface area contributed by atoms with Crippen LogP contribution >= 0.6 is 11.6 Å². The maximum atomic E-state index is 5.70. The van der Waals surface area contributed by atoms with Gasteiger partial charge in [0.1, 0.15) is 0 Å². The number of hydrogen-bond acceptors (Lipinski definition) is 3. The molecule has 0 aromatic carbocycles. The van der Waals surface area contributed by atoms with Crippen molar-refractivity contribution >= 4 is 22.6 Å². The van der Waals surface area contributed by atoms with Crippen molar-refractivity contribution in [3.8, 4) is 11.6 Å². The molecule has 2 heterocycles. The Morgan fingerprint density at radius 1 is 1.35 bits per heavy atom. The second-order valence-electron chi connectivity index (χ2n) is 3.66. The van der Waals surface area contributed by atoms with Crippen LogP contribution < -0.4 is 9.47 Å². The summed E-state index contributed by atoms with van der Waals surface area (Å²) in [5.41, 5.74) is 1.94. The molecule has 0 saturated heterocycles. The summed E-state index contributed by atoms with van der Waals surface area (Å²) in [6, 6.07) is 3.90. The number of methoxy groups -OCH3 is 2. The van der Waals surface area contributed by atoms with Crippen molar-refractivity contribution in [3.63, 3.8) is 0 Å². The van der Waals surface area contributed by atoms with Gasteiger partial charge in [-0.3, -0.25) is 0 Å². The van der Waals surface area contributed by atoms with E-state index in [0.29, 0.717) is 17.5 Å². The zero-order valence-electron chi connectivity index (χ0n) is 9.94. The maximum absolute atomic E-state index is 5.70. The monoisotopic (exact) mass is 254 g/mol. The Morgan fingerprint density at radius 2 is 2.18 bits per heavy atom. The van der Waals surface area contributed by atoms with Crippen LogP contribution in [0.25, 0.3) is 11.0 Å². The standard InChI is InChI=1S/C12H15ClN2O2/c1-16-11-8-10-9(14-12(11)17-2)4-7-15(10)6-3-5-13/h4,7-8H,3,5-6H2,1-2H3. The van der Waals surface area contributed by atoms with Crippen LogP contribution in [0.5, 0.6) is 11.6 Å². The molecule has 0 aliphatic rings. The Kier molecular flexibility index (Phi) is 3.74. The molecule has 0 radical (unpaired) electrons. The second kappa shape index (κ2) is 5.27. The molecule has 0 unspecified atom stereocenters. The number of aryl methyl sites for hydroxylation is 1. The van der Waals surface area contributed by atoms with Crippen molar-refractivity contribution in [1.29, 1.82) is 0 Å². The quantitative estimate of drug-likeness (QED) is 0.770. The number of alkyl halides is 1. The van der Waals surface area contributed by atoms with E-state index in [-0.39, 0.29) is 0 Å². The van der Waals surface area contributed by atoms with Gasteiger partial charge in [0.2, 0.25) is 0 Å². The lowest BCUT2D eigenvalue weighted by Crippen LogP contribution is -1.98. The summed E-state index contributed by atoms with van der Waals surface area (Å²) < 4.78 is 12.5. The van der Waals surface area contributed by atoms with Gasteiger partial charge in [-0.05, 0) is 12.5 Å². The normalized spacial score (nSPS) is 10.8. The van der Waals surface area contributed by atoms with E-state index >= 15 is 0 Å². The van der Waals surface area contributed by atoms with Crippen molar-refractivity contribution in [2.75, 3.05) is 20.1 Å². The Bertz CT molecular complexity index is 510. The number of rotatable bonds is 5. The molecule has 0 amide bonds. The van der Waals surface area contributed by atoms with Crippen molar-refractivity contribution in [2.24, 2.45) is 0 Å². The Balaban J connectivity index is 2.45. The topological polar surface area (TPSA) is 36.3 Å². The minimum absolute atomic E-state index is 0.509. The van der Waals surface area contributed by atoms with E-state index in [2.05, 4.69) is 9.55 Å². The van der Waals surface area contributed by atoms with Gasteiger partial charge < -0.3 is 14.0 Å². The molecule has 5 heteroatoms. The molecule has 0 aliphatic carbocycles. The lowest BCUT2D eigenvalue weighted by atomic mass is 10.3. The van der Waals surface area contributed by atoms with Gasteiger partial charge in [0.05, 0.1) is 25.3 Å². The molecule has 0 spiro atoms. The van der Waals surface area contributed by atoms with Crippen LogP contribution in [0.4, 0.5) is 0 Å². The number of aromatic nitrogens is 2. The Hall–Kier alpha value is -1.42. The van der Waals surface area contributed by atoms with Crippen LogP contribution in [-0.4, -0.2) is 29.7 Å². The molecule has 4 nitrogen and oxygen atoms in total. The molecular formula is C12H15ClN2O2. The molecule has 92 valence electrons. The SMILES string of the molecule is COc1cc2c(ccn2CCCCl)nc1OC. The van der Waals surface area contributed by atoms with Crippen molar-refractivity contribution in [1.82, 2.24) is 9.55 Å². The van der Waals surface area contributed by atoms with Gasteiger partial charge in [0, 0.05) is 24.7 Å². The first-order valence-corrected chi connectivity index (χ1v) is 5.97. The highest BCUT2D eigenvalue weighted by Crippen LogP contribution is 2.29. The van der Waals surface area contributed by atoms with Gasteiger partial charge in [0.25, 0.3) is 5.88 Å². The maximum Gasteiger partial charge on any atom is 0.257 e. The highest BCUT2D eigenvalue weighted by Gasteiger charge is 2.10. The van der Waals surface area contributed by atoms with Gasteiger partial charge in [-0.2, -0.15) is 0 Å². The third kappa shape index (κ3) is 2.31. The summed E-state index contributed by atoms with van der Waals surface area (Å²) in [5.74, 6) is 1.81. The summed E-state index contributed by atoms with van der Waals surface area (Å²) in [6.07, 6.45) is 2.93. The van der Waals surface area contributed by atoms with Gasteiger partial charge in [-0.25, -0.2) is 4.98 Å². The van der Waals surface area contributed by atoms with E-state index in [1.807, 2.05) is 18.3 Å². The molecule has 0 aliphatic heterocycles. The van der Waals surface area contributed by atoms with E-state index in [1.54, 1.807) is 14.2 Å². The van der Waals surface area contributed by atoms with Gasteiger partial charge in [-0.1, -0.05) is 0 Å². The number of fused-ring (bicyclic) bond motifs is 1. The number of nitrogens with zero attached hydrogens (tertiary/aromatic N) is 2. The van der Waals surface area contributed by atoms with Gasteiger partial charge in [0.15, 0.2) is 5.75 Å². The summed E-state index contributed by atoms with van der Waals surface area (Å²) >= 11 is 5.70. The Labute approximate surface area is 105 Å². The molecule has 0 fully saturated rings. The van der Waals surface area contributed by atoms with Crippen molar-refractivity contribution < 1.29 is 9.47 Å². The molecule has 2 aromatic heterocycles. The van der Waals surface area contributed by atoms with Crippen molar-refractivity contribution in [2.45, 2.75) is 13.0 Å². The second-order valence-corrected chi connectivity index (χ2v) is 4.03. The highest BCUT2D eigenvalue weighted by atomic mass is 35.5. The van der Waals surface area contributed by atoms with Crippen molar-refractivity contribution in [3.05, 3.63) is 18.3 Å². The first-order chi connectivity index (χ1) is 8.30. The number of halogens is 1. The minimum atomic E-state index is 0.509. The minimum Gasteiger partial charge on any atom is -0.491 e. The average molecular weight is 255 g/mol. The van der Waals surface area contributed by atoms with Crippen LogP contribution in [0, 0.1) is 0 Å². The van der Waals surface area contributed by atoms with E-state index in [0.717, 1.165) is 24.0 Å². The fourth-order valence-corrected chi connectivity index (χ4v) is 1.91. The van der Waals surface area contributed by atoms with Gasteiger partial charge >= 0.3 is 0 Å². The van der Waals surface area contributed by atoms with Crippen LogP contribution in [0.15, 0.2) is 18.3 Å². The molecule has 0 bridgehead atoms. The first kappa shape index (κ1) is 12.0. The molecular weight excluding hydrogens is 240 g/mol. The van der Waals surface area contributed by atoms with E-state index in [1.165, 1.54) is 0 Å². The summed E-state index contributed by atoms with van der Waals surface area (Å²) in [5, 5.41) is 0. The van der Waals surface area contributed by atoms with Crippen LogP contribution in [-0.2, 0) is 6.54 Å². The number of ether oxygens (including phenoxy) is 2. The fraction of sp³-hybridized carbons (Fsp3) is 0.417. The predicted octanol–water partition coefficient (Wildman–Crippen LogP) is 2.68. The van der Waals surface area contributed by atoms with Gasteiger partial charge in [-0.15, -0.1) is 11.6 Å². The third-order valence-corrected chi connectivity index (χ3v) is 2.90. The lowest BCUT2D eigenvalue weighted by Gasteiger charge is -2.08. The molecule has 2 aromatic rings. The third-order valence-electron chi connectivity index (χ3n) is 2.63. The smallest absolute Gasteiger partial charge is 0.257 e. The summed E-state index contributed by atoms with van der Waals surface area (Å²) in [7, 11) is 3.19. The van der Waals surface area contributed by atoms with Crippen LogP contribution in [0.1, 0.15) is 6.42 Å². The number of pyridine rings is 1. The van der Waals surface area contributed by atoms with E-state index < -0.39 is 0 Å². The average Bonchev–Trinajstić information content (AvgIpc) is 2.76. The highest BCUT2D eigenvalue weighted by molar-refractivity contribution is 6.17. The summed E-state index contributed by atoms with van der Waals surface area (Å²) in [4.78, 5) is 4.39. The largest absolute Gasteiger partial charge is 0.491 e. The van der Waals surface area contributed by atoms with Crippen LogP contribution in [0.3, 0.4) is 0 Å². The summed E-state index contributed by atoms with van der Waals surface area (Å²) in [6.45, 7) is 0.879. The lowest BCUT2D eigenvalue weighted by molar-refractivity contribution is 0.344. The molecule has 17 heavy (non-hydrogen) atoms. The zero-order chi connectivity index (χ0) is 12.3. The molecule has 0 saturated carbocycles. The van der Waals surface area contributed by atoms with E-state index in [9.17, 15) is 0 Å². The predicted molar refractivity (Wildman–Crippen MR) is 68.2 cm³/mol. The van der Waals surface area contributed by atoms with Crippen LogP contribution in [0.2, 0.25) is 0 Å². The molecule has 0 N–H and O–H groups in total.